The molecular weight excluding hydrogens is 370 g/mol. The van der Waals surface area contributed by atoms with Gasteiger partial charge in [0, 0.05) is 18.3 Å². The highest BCUT2D eigenvalue weighted by Crippen LogP contribution is 2.18. The number of carboxylic acids is 1. The topological polar surface area (TPSA) is 113 Å². The second-order valence-electron chi connectivity index (χ2n) is 5.55. The van der Waals surface area contributed by atoms with Crippen molar-refractivity contribution >= 4 is 27.6 Å². The summed E-state index contributed by atoms with van der Waals surface area (Å²) in [6.07, 6.45) is 1.07. The molecule has 0 fully saturated rings. The van der Waals surface area contributed by atoms with Gasteiger partial charge in [-0.15, -0.1) is 0 Å². The Morgan fingerprint density at radius 1 is 1.36 bits per heavy atom. The smallest absolute Gasteiger partial charge is 0.324 e. The van der Waals surface area contributed by atoms with Crippen LogP contribution in [0.4, 0.5) is 0 Å². The zero-order chi connectivity index (χ0) is 18.8. The lowest BCUT2D eigenvalue weighted by Gasteiger charge is -2.25. The van der Waals surface area contributed by atoms with Crippen LogP contribution in [0.5, 0.6) is 0 Å². The maximum atomic E-state index is 12.6. The second kappa shape index (κ2) is 7.52. The lowest BCUT2D eigenvalue weighted by molar-refractivity contribution is -0.144. The predicted octanol–water partition coefficient (Wildman–Crippen LogP) is 1.04. The average Bonchev–Trinajstić information content (AvgIpc) is 2.98. The molecule has 0 aliphatic carbocycles. The van der Waals surface area contributed by atoms with Crippen molar-refractivity contribution in [2.45, 2.75) is 30.5 Å². The second-order valence-corrected chi connectivity index (χ2v) is 7.98. The Kier molecular flexibility index (Phi) is 5.83. The molecule has 0 amide bonds. The summed E-state index contributed by atoms with van der Waals surface area (Å²) < 4.78 is 27.2. The van der Waals surface area contributed by atoms with Crippen LogP contribution in [0.15, 0.2) is 41.6 Å². The van der Waals surface area contributed by atoms with Gasteiger partial charge in [0.1, 0.15) is 10.9 Å². The standard InChI is InChI=1S/C15H18ClN3O5S/c1-10(20)14(15(21)22)18(2)25(23,24)13-7-17-19(9-13)8-11-3-5-12(16)6-4-11/h3-7,9-10,14,20H,8H2,1-2H3,(H,21,22). The molecule has 0 aliphatic heterocycles. The fraction of sp³-hybridized carbons (Fsp3) is 0.333. The van der Waals surface area contributed by atoms with E-state index in [0.717, 1.165) is 18.8 Å². The first-order valence-electron chi connectivity index (χ1n) is 7.28. The van der Waals surface area contributed by atoms with Gasteiger partial charge in [-0.05, 0) is 24.6 Å². The number of hydrogen-bond donors (Lipinski definition) is 2. The van der Waals surface area contributed by atoms with Gasteiger partial charge in [0.05, 0.1) is 18.8 Å². The number of carbonyl (C=O) groups is 1. The monoisotopic (exact) mass is 387 g/mol. The van der Waals surface area contributed by atoms with Crippen molar-refractivity contribution in [3.05, 3.63) is 47.2 Å². The molecule has 25 heavy (non-hydrogen) atoms. The molecule has 2 unspecified atom stereocenters. The Balaban J connectivity index is 2.24. The summed E-state index contributed by atoms with van der Waals surface area (Å²) in [6, 6.07) is 5.42. The fourth-order valence-corrected chi connectivity index (χ4v) is 3.78. The van der Waals surface area contributed by atoms with Crippen LogP contribution in [0.25, 0.3) is 0 Å². The van der Waals surface area contributed by atoms with Gasteiger partial charge >= 0.3 is 5.97 Å². The van der Waals surface area contributed by atoms with Crippen LogP contribution >= 0.6 is 11.6 Å². The van der Waals surface area contributed by atoms with Crippen LogP contribution in [0, 0.1) is 0 Å². The summed E-state index contributed by atoms with van der Waals surface area (Å²) in [5.74, 6) is -1.44. The number of nitrogens with zero attached hydrogens (tertiary/aromatic N) is 3. The molecule has 2 atom stereocenters. The van der Waals surface area contributed by atoms with Crippen LogP contribution in [0.3, 0.4) is 0 Å². The molecule has 8 nitrogen and oxygen atoms in total. The average molecular weight is 388 g/mol. The maximum absolute atomic E-state index is 12.6. The molecule has 0 saturated carbocycles. The molecule has 1 heterocycles. The minimum atomic E-state index is -4.12. The number of aliphatic carboxylic acids is 1. The van der Waals surface area contributed by atoms with Gasteiger partial charge < -0.3 is 10.2 Å². The zero-order valence-electron chi connectivity index (χ0n) is 13.6. The molecule has 1 aromatic heterocycles. The van der Waals surface area contributed by atoms with E-state index < -0.39 is 28.1 Å². The minimum Gasteiger partial charge on any atom is -0.480 e. The van der Waals surface area contributed by atoms with E-state index >= 15 is 0 Å². The van der Waals surface area contributed by atoms with E-state index in [1.54, 1.807) is 24.3 Å². The first-order chi connectivity index (χ1) is 11.6. The summed E-state index contributed by atoms with van der Waals surface area (Å²) in [5.41, 5.74) is 0.872. The zero-order valence-corrected chi connectivity index (χ0v) is 15.1. The summed E-state index contributed by atoms with van der Waals surface area (Å²) in [5, 5.41) is 23.3. The van der Waals surface area contributed by atoms with Gasteiger partial charge in [0.15, 0.2) is 0 Å². The van der Waals surface area contributed by atoms with E-state index in [4.69, 9.17) is 16.7 Å². The quantitative estimate of drug-likeness (QED) is 0.734. The van der Waals surface area contributed by atoms with Crippen LogP contribution in [-0.4, -0.2) is 57.9 Å². The Morgan fingerprint density at radius 2 is 1.96 bits per heavy atom. The van der Waals surface area contributed by atoms with Crippen molar-refractivity contribution in [2.24, 2.45) is 0 Å². The molecule has 0 bridgehead atoms. The van der Waals surface area contributed by atoms with E-state index in [9.17, 15) is 18.3 Å². The molecule has 0 saturated heterocycles. The molecule has 1 aromatic carbocycles. The number of aliphatic hydroxyl groups excluding tert-OH is 1. The number of aliphatic hydroxyl groups is 1. The van der Waals surface area contributed by atoms with Gasteiger partial charge in [-0.2, -0.15) is 9.40 Å². The van der Waals surface area contributed by atoms with Crippen molar-refractivity contribution in [3.63, 3.8) is 0 Å². The number of aromatic nitrogens is 2. The van der Waals surface area contributed by atoms with Crippen molar-refractivity contribution in [2.75, 3.05) is 7.05 Å². The number of rotatable bonds is 7. The molecule has 2 rings (SSSR count). The van der Waals surface area contributed by atoms with E-state index in [-0.39, 0.29) is 4.90 Å². The number of carboxylic acid groups (broad SMARTS) is 1. The number of sulfonamides is 1. The number of likely N-dealkylation sites (N-methyl/N-ethyl adjacent to an activating group) is 1. The van der Waals surface area contributed by atoms with E-state index in [1.807, 2.05) is 0 Å². The third kappa shape index (κ3) is 4.37. The SMILES string of the molecule is CC(O)C(C(=O)O)N(C)S(=O)(=O)c1cnn(Cc2ccc(Cl)cc2)c1. The molecule has 2 N–H and O–H groups in total. The lowest BCUT2D eigenvalue weighted by atomic mass is 10.2. The molecule has 0 spiro atoms. The highest BCUT2D eigenvalue weighted by molar-refractivity contribution is 7.89. The Bertz CT molecular complexity index is 848. The molecule has 2 aromatic rings. The number of benzene rings is 1. The van der Waals surface area contributed by atoms with Gasteiger partial charge in [0.25, 0.3) is 0 Å². The Morgan fingerprint density at radius 3 is 2.48 bits per heavy atom. The van der Waals surface area contributed by atoms with E-state index in [2.05, 4.69) is 5.10 Å². The molecular formula is C15H18ClN3O5S. The van der Waals surface area contributed by atoms with E-state index in [0.29, 0.717) is 15.9 Å². The summed E-state index contributed by atoms with van der Waals surface area (Å²) in [6.45, 7) is 1.55. The van der Waals surface area contributed by atoms with Crippen LogP contribution in [0.1, 0.15) is 12.5 Å². The van der Waals surface area contributed by atoms with Crippen LogP contribution < -0.4 is 0 Å². The first kappa shape index (κ1) is 19.4. The largest absolute Gasteiger partial charge is 0.480 e. The first-order valence-corrected chi connectivity index (χ1v) is 9.10. The predicted molar refractivity (Wildman–Crippen MR) is 90.8 cm³/mol. The van der Waals surface area contributed by atoms with E-state index in [1.165, 1.54) is 17.8 Å². The summed E-state index contributed by atoms with van der Waals surface area (Å²) in [7, 11) is -3.01. The van der Waals surface area contributed by atoms with Gasteiger partial charge in [-0.3, -0.25) is 9.48 Å². The molecule has 136 valence electrons. The number of halogens is 1. The van der Waals surface area contributed by atoms with Crippen molar-refractivity contribution < 1.29 is 23.4 Å². The molecule has 10 heteroatoms. The summed E-state index contributed by atoms with van der Waals surface area (Å²) >= 11 is 5.82. The van der Waals surface area contributed by atoms with Gasteiger partial charge in [-0.25, -0.2) is 8.42 Å². The summed E-state index contributed by atoms with van der Waals surface area (Å²) in [4.78, 5) is 11.1. The molecule has 0 aliphatic rings. The minimum absolute atomic E-state index is 0.157. The van der Waals surface area contributed by atoms with Gasteiger partial charge in [-0.1, -0.05) is 23.7 Å². The highest BCUT2D eigenvalue weighted by Gasteiger charge is 2.36. The molecule has 0 radical (unpaired) electrons. The number of hydrogen-bond acceptors (Lipinski definition) is 5. The van der Waals surface area contributed by atoms with Crippen molar-refractivity contribution in [1.29, 1.82) is 0 Å². The fourth-order valence-electron chi connectivity index (χ4n) is 2.32. The van der Waals surface area contributed by atoms with Crippen LogP contribution in [-0.2, 0) is 21.4 Å². The maximum Gasteiger partial charge on any atom is 0.324 e. The van der Waals surface area contributed by atoms with Crippen molar-refractivity contribution in [1.82, 2.24) is 14.1 Å². The third-order valence-electron chi connectivity index (χ3n) is 3.65. The normalized spacial score (nSPS) is 14.4. The Hall–Kier alpha value is -1.94. The lowest BCUT2D eigenvalue weighted by Crippen LogP contribution is -2.48. The van der Waals surface area contributed by atoms with Gasteiger partial charge in [0.2, 0.25) is 10.0 Å². The van der Waals surface area contributed by atoms with Crippen LogP contribution in [0.2, 0.25) is 5.02 Å². The third-order valence-corrected chi connectivity index (χ3v) is 5.69. The Labute approximate surface area is 150 Å². The van der Waals surface area contributed by atoms with Crippen molar-refractivity contribution in [3.8, 4) is 0 Å². The highest BCUT2D eigenvalue weighted by atomic mass is 35.5.